The van der Waals surface area contributed by atoms with Crippen molar-refractivity contribution in [1.82, 2.24) is 24.6 Å². The summed E-state index contributed by atoms with van der Waals surface area (Å²) in [6.07, 6.45) is 8.76. The van der Waals surface area contributed by atoms with Crippen molar-refractivity contribution in [2.24, 2.45) is 0 Å². The van der Waals surface area contributed by atoms with E-state index in [-0.39, 0.29) is 23.6 Å². The highest BCUT2D eigenvalue weighted by molar-refractivity contribution is 7.99. The molecule has 3 aromatic rings. The third-order valence-electron chi connectivity index (χ3n) is 6.65. The molecular weight excluding hydrogens is 460 g/mol. The molecule has 0 unspecified atom stereocenters. The molecule has 0 N–H and O–H groups in total. The summed E-state index contributed by atoms with van der Waals surface area (Å²) in [6, 6.07) is 15.8. The first-order valence-corrected chi connectivity index (χ1v) is 13.3. The summed E-state index contributed by atoms with van der Waals surface area (Å²) < 4.78 is 1.87. The van der Waals surface area contributed by atoms with E-state index in [2.05, 4.69) is 15.2 Å². The number of amides is 2. The topological polar surface area (TPSA) is 84.2 Å². The van der Waals surface area contributed by atoms with Crippen molar-refractivity contribution in [2.45, 2.75) is 62.7 Å². The van der Waals surface area contributed by atoms with Crippen molar-refractivity contribution in [1.29, 1.82) is 0 Å². The van der Waals surface area contributed by atoms with Crippen molar-refractivity contribution in [3.63, 3.8) is 0 Å². The maximum atomic E-state index is 13.6. The molecule has 2 aliphatic rings. The van der Waals surface area contributed by atoms with Crippen LogP contribution in [0.1, 0.15) is 50.8 Å². The minimum atomic E-state index is 0.0694. The van der Waals surface area contributed by atoms with E-state index in [4.69, 9.17) is 0 Å². The van der Waals surface area contributed by atoms with Crippen LogP contribution in [0.15, 0.2) is 59.9 Å². The second kappa shape index (κ2) is 11.0. The molecule has 9 heteroatoms. The molecule has 1 saturated heterocycles. The Morgan fingerprint density at radius 2 is 1.80 bits per heavy atom. The van der Waals surface area contributed by atoms with Crippen molar-refractivity contribution in [3.8, 4) is 5.82 Å². The SMILES string of the molecule is O=C1CCCN1Cc1nnc(SCC(=O)N(c2ccccc2)C2CCCCC2)n1-c1ccccn1. The average molecular weight is 491 g/mol. The molecule has 35 heavy (non-hydrogen) atoms. The second-order valence-corrected chi connectivity index (χ2v) is 9.96. The molecule has 1 aliphatic heterocycles. The van der Waals surface area contributed by atoms with Gasteiger partial charge < -0.3 is 9.80 Å². The van der Waals surface area contributed by atoms with Gasteiger partial charge in [0.25, 0.3) is 0 Å². The Hall–Kier alpha value is -3.20. The third kappa shape index (κ3) is 5.40. The van der Waals surface area contributed by atoms with Gasteiger partial charge in [-0.25, -0.2) is 4.98 Å². The van der Waals surface area contributed by atoms with Gasteiger partial charge in [-0.3, -0.25) is 14.2 Å². The number of rotatable bonds is 8. The highest BCUT2D eigenvalue weighted by Crippen LogP contribution is 2.29. The number of likely N-dealkylation sites (tertiary alicyclic amines) is 1. The average Bonchev–Trinajstić information content (AvgIpc) is 3.50. The molecule has 1 saturated carbocycles. The maximum absolute atomic E-state index is 13.6. The van der Waals surface area contributed by atoms with Crippen LogP contribution in [0.2, 0.25) is 0 Å². The molecule has 2 aromatic heterocycles. The van der Waals surface area contributed by atoms with Crippen molar-refractivity contribution >= 4 is 29.3 Å². The molecule has 0 spiro atoms. The Kier molecular flexibility index (Phi) is 7.42. The Morgan fingerprint density at radius 3 is 2.51 bits per heavy atom. The second-order valence-electron chi connectivity index (χ2n) is 9.02. The van der Waals surface area contributed by atoms with Crippen molar-refractivity contribution in [3.05, 3.63) is 60.6 Å². The number of hydrogen-bond acceptors (Lipinski definition) is 6. The van der Waals surface area contributed by atoms with E-state index in [0.717, 1.165) is 44.3 Å². The Balaban J connectivity index is 1.38. The van der Waals surface area contributed by atoms with E-state index in [1.807, 2.05) is 62.9 Å². The Bertz CT molecular complexity index is 1150. The lowest BCUT2D eigenvalue weighted by atomic mass is 9.93. The van der Waals surface area contributed by atoms with Gasteiger partial charge in [-0.15, -0.1) is 10.2 Å². The first-order valence-electron chi connectivity index (χ1n) is 12.3. The Labute approximate surface area is 209 Å². The molecule has 1 aliphatic carbocycles. The van der Waals surface area contributed by atoms with E-state index in [9.17, 15) is 9.59 Å². The van der Waals surface area contributed by atoms with E-state index in [0.29, 0.717) is 29.8 Å². The minimum Gasteiger partial charge on any atom is -0.335 e. The van der Waals surface area contributed by atoms with Crippen LogP contribution in [0.3, 0.4) is 0 Å². The number of para-hydroxylation sites is 1. The van der Waals surface area contributed by atoms with Crippen LogP contribution in [0.5, 0.6) is 0 Å². The minimum absolute atomic E-state index is 0.0694. The van der Waals surface area contributed by atoms with Gasteiger partial charge in [-0.1, -0.05) is 55.3 Å². The molecule has 2 fully saturated rings. The summed E-state index contributed by atoms with van der Waals surface area (Å²) in [5.41, 5.74) is 0.949. The van der Waals surface area contributed by atoms with Gasteiger partial charge in [0, 0.05) is 30.9 Å². The lowest BCUT2D eigenvalue weighted by Crippen LogP contribution is -2.42. The number of benzene rings is 1. The van der Waals surface area contributed by atoms with Crippen LogP contribution < -0.4 is 4.90 Å². The van der Waals surface area contributed by atoms with E-state index < -0.39 is 0 Å². The number of pyridine rings is 1. The molecule has 5 rings (SSSR count). The predicted molar refractivity (Wildman–Crippen MR) is 135 cm³/mol. The number of anilines is 1. The molecule has 182 valence electrons. The summed E-state index contributed by atoms with van der Waals surface area (Å²) in [7, 11) is 0. The zero-order chi connectivity index (χ0) is 24.0. The maximum Gasteiger partial charge on any atom is 0.237 e. The molecule has 1 aromatic carbocycles. The number of carbonyl (C=O) groups is 2. The van der Waals surface area contributed by atoms with Crippen LogP contribution in [0, 0.1) is 0 Å². The van der Waals surface area contributed by atoms with E-state index >= 15 is 0 Å². The number of hydrogen-bond donors (Lipinski definition) is 0. The summed E-state index contributed by atoms with van der Waals surface area (Å²) in [6.45, 7) is 1.11. The molecule has 0 radical (unpaired) electrons. The molecule has 2 amide bonds. The highest BCUT2D eigenvalue weighted by atomic mass is 32.2. The lowest BCUT2D eigenvalue weighted by molar-refractivity contribution is -0.128. The van der Waals surface area contributed by atoms with Crippen LogP contribution in [0.25, 0.3) is 5.82 Å². The van der Waals surface area contributed by atoms with Gasteiger partial charge in [0.2, 0.25) is 11.8 Å². The number of thioether (sulfide) groups is 1. The molecular formula is C26H30N6O2S. The number of carbonyl (C=O) groups excluding carboxylic acids is 2. The third-order valence-corrected chi connectivity index (χ3v) is 7.56. The van der Waals surface area contributed by atoms with E-state index in [1.165, 1.54) is 18.2 Å². The fourth-order valence-electron chi connectivity index (χ4n) is 4.94. The Morgan fingerprint density at radius 1 is 1.00 bits per heavy atom. The first kappa shape index (κ1) is 23.5. The van der Waals surface area contributed by atoms with Crippen LogP contribution >= 0.6 is 11.8 Å². The van der Waals surface area contributed by atoms with Crippen molar-refractivity contribution < 1.29 is 9.59 Å². The monoisotopic (exact) mass is 490 g/mol. The number of aromatic nitrogens is 4. The smallest absolute Gasteiger partial charge is 0.237 e. The standard InChI is InChI=1S/C26H30N6O2S/c33-24-15-9-17-30(24)18-23-28-29-26(32(23)22-14-7-8-16-27-22)35-19-25(34)31(20-10-3-1-4-11-20)21-12-5-2-6-13-21/h1,3-4,7-8,10-11,14,16,21H,2,5-6,9,12-13,15,17-19H2. The summed E-state index contributed by atoms with van der Waals surface area (Å²) >= 11 is 1.37. The first-order chi connectivity index (χ1) is 17.2. The summed E-state index contributed by atoms with van der Waals surface area (Å²) in [5.74, 6) is 1.79. The largest absolute Gasteiger partial charge is 0.335 e. The summed E-state index contributed by atoms with van der Waals surface area (Å²) in [5, 5.41) is 9.40. The van der Waals surface area contributed by atoms with Crippen molar-refractivity contribution in [2.75, 3.05) is 17.2 Å². The zero-order valence-electron chi connectivity index (χ0n) is 19.8. The predicted octanol–water partition coefficient (Wildman–Crippen LogP) is 4.24. The fourth-order valence-corrected chi connectivity index (χ4v) is 5.75. The quantitative estimate of drug-likeness (QED) is 0.439. The van der Waals surface area contributed by atoms with Gasteiger partial charge in [-0.05, 0) is 43.5 Å². The van der Waals surface area contributed by atoms with Gasteiger partial charge >= 0.3 is 0 Å². The number of nitrogens with zero attached hydrogens (tertiary/aromatic N) is 6. The molecule has 8 nitrogen and oxygen atoms in total. The molecule has 0 atom stereocenters. The van der Waals surface area contributed by atoms with Crippen LogP contribution in [-0.2, 0) is 16.1 Å². The van der Waals surface area contributed by atoms with Gasteiger partial charge in [-0.2, -0.15) is 0 Å². The highest BCUT2D eigenvalue weighted by Gasteiger charge is 2.28. The molecule has 3 heterocycles. The normalized spacial score (nSPS) is 16.6. The zero-order valence-corrected chi connectivity index (χ0v) is 20.6. The lowest BCUT2D eigenvalue weighted by Gasteiger charge is -2.34. The van der Waals surface area contributed by atoms with Crippen LogP contribution in [0.4, 0.5) is 5.69 Å². The molecule has 0 bridgehead atoms. The van der Waals surface area contributed by atoms with Gasteiger partial charge in [0.1, 0.15) is 5.82 Å². The van der Waals surface area contributed by atoms with E-state index in [1.54, 1.807) is 6.20 Å². The fraction of sp³-hybridized carbons (Fsp3) is 0.423. The summed E-state index contributed by atoms with van der Waals surface area (Å²) in [4.78, 5) is 34.1. The van der Waals surface area contributed by atoms with Gasteiger partial charge in [0.15, 0.2) is 11.0 Å². The van der Waals surface area contributed by atoms with Gasteiger partial charge in [0.05, 0.1) is 12.3 Å². The van der Waals surface area contributed by atoms with Crippen LogP contribution in [-0.4, -0.2) is 54.8 Å².